The Morgan fingerprint density at radius 1 is 1.19 bits per heavy atom. The molecule has 0 aliphatic carbocycles. The third-order valence-electron chi connectivity index (χ3n) is 3.95. The lowest BCUT2D eigenvalue weighted by Gasteiger charge is -2.40. The van der Waals surface area contributed by atoms with Gasteiger partial charge in [0.25, 0.3) is 0 Å². The molecule has 2 saturated heterocycles. The summed E-state index contributed by atoms with van der Waals surface area (Å²) in [5, 5.41) is 0. The van der Waals surface area contributed by atoms with Crippen LogP contribution in [0, 0.1) is 5.92 Å². The molecular weight excluding hydrogens is 224 g/mol. The second kappa shape index (κ2) is 4.27. The summed E-state index contributed by atoms with van der Waals surface area (Å²) in [7, 11) is -3.00. The van der Waals surface area contributed by atoms with Crippen molar-refractivity contribution < 1.29 is 8.42 Å². The van der Waals surface area contributed by atoms with Crippen LogP contribution in [0.1, 0.15) is 26.7 Å². The number of hydrogen-bond donors (Lipinski definition) is 0. The minimum Gasteiger partial charge on any atom is -0.295 e. The standard InChI is InChI=1S/C11H22N2O2S/c1-9(2)11-5-4-10-8-12(16(3,14)15)6-7-13(10)11/h9-11H,4-8H2,1-3H3. The molecule has 16 heavy (non-hydrogen) atoms. The molecule has 0 amide bonds. The highest BCUT2D eigenvalue weighted by atomic mass is 32.2. The van der Waals surface area contributed by atoms with Gasteiger partial charge in [-0.1, -0.05) is 13.8 Å². The average molecular weight is 246 g/mol. The van der Waals surface area contributed by atoms with Gasteiger partial charge in [0.1, 0.15) is 0 Å². The summed E-state index contributed by atoms with van der Waals surface area (Å²) in [5.41, 5.74) is 0. The van der Waals surface area contributed by atoms with Crippen LogP contribution in [0.3, 0.4) is 0 Å². The van der Waals surface area contributed by atoms with Crippen molar-refractivity contribution in [2.24, 2.45) is 5.92 Å². The molecule has 0 N–H and O–H groups in total. The molecule has 2 heterocycles. The first-order chi connectivity index (χ1) is 7.39. The van der Waals surface area contributed by atoms with E-state index in [4.69, 9.17) is 0 Å². The second-order valence-corrected chi connectivity index (χ2v) is 7.38. The van der Waals surface area contributed by atoms with Gasteiger partial charge >= 0.3 is 0 Å². The van der Waals surface area contributed by atoms with Crippen molar-refractivity contribution in [3.63, 3.8) is 0 Å². The number of piperazine rings is 1. The Hall–Kier alpha value is -0.130. The fourth-order valence-corrected chi connectivity index (χ4v) is 3.94. The predicted octanol–water partition coefficient (Wildman–Crippen LogP) is 0.751. The Balaban J connectivity index is 2.05. The summed E-state index contributed by atoms with van der Waals surface area (Å²) in [4.78, 5) is 2.52. The maximum Gasteiger partial charge on any atom is 0.211 e. The molecule has 2 aliphatic heterocycles. The molecule has 0 aromatic carbocycles. The molecule has 0 aromatic heterocycles. The summed E-state index contributed by atoms with van der Waals surface area (Å²) in [6.45, 7) is 6.78. The van der Waals surface area contributed by atoms with Crippen molar-refractivity contribution in [3.8, 4) is 0 Å². The largest absolute Gasteiger partial charge is 0.295 e. The van der Waals surface area contributed by atoms with Crippen LogP contribution in [0.15, 0.2) is 0 Å². The van der Waals surface area contributed by atoms with E-state index >= 15 is 0 Å². The van der Waals surface area contributed by atoms with Crippen molar-refractivity contribution in [1.82, 2.24) is 9.21 Å². The zero-order valence-corrected chi connectivity index (χ0v) is 11.2. The Kier molecular flexibility index (Phi) is 3.29. The van der Waals surface area contributed by atoms with Crippen molar-refractivity contribution in [2.45, 2.75) is 38.8 Å². The third-order valence-corrected chi connectivity index (χ3v) is 5.22. The second-order valence-electron chi connectivity index (χ2n) is 5.40. The van der Waals surface area contributed by atoms with Gasteiger partial charge in [-0.25, -0.2) is 8.42 Å². The quantitative estimate of drug-likeness (QED) is 0.722. The first kappa shape index (κ1) is 12.3. The molecule has 0 aromatic rings. The van der Waals surface area contributed by atoms with Crippen molar-refractivity contribution >= 4 is 10.0 Å². The minimum atomic E-state index is -3.00. The molecule has 0 radical (unpaired) electrons. The number of hydrogen-bond acceptors (Lipinski definition) is 3. The van der Waals surface area contributed by atoms with Crippen LogP contribution in [-0.2, 0) is 10.0 Å². The fourth-order valence-electron chi connectivity index (χ4n) is 3.08. The molecule has 2 unspecified atom stereocenters. The monoisotopic (exact) mass is 246 g/mol. The van der Waals surface area contributed by atoms with Gasteiger partial charge in [-0.3, -0.25) is 4.90 Å². The minimum absolute atomic E-state index is 0.455. The SMILES string of the molecule is CC(C)C1CCC2CN(S(C)(=O)=O)CCN21. The van der Waals surface area contributed by atoms with E-state index in [1.165, 1.54) is 12.7 Å². The van der Waals surface area contributed by atoms with Crippen LogP contribution in [-0.4, -0.2) is 55.6 Å². The predicted molar refractivity (Wildman–Crippen MR) is 64.8 cm³/mol. The lowest BCUT2D eigenvalue weighted by atomic mass is 10.0. The van der Waals surface area contributed by atoms with Crippen LogP contribution in [0.4, 0.5) is 0 Å². The Morgan fingerprint density at radius 2 is 1.88 bits per heavy atom. The van der Waals surface area contributed by atoms with Gasteiger partial charge in [0.05, 0.1) is 6.26 Å². The number of sulfonamides is 1. The fraction of sp³-hybridized carbons (Fsp3) is 1.00. The summed E-state index contributed by atoms with van der Waals surface area (Å²) >= 11 is 0. The van der Waals surface area contributed by atoms with Gasteiger partial charge in [-0.05, 0) is 18.8 Å². The van der Waals surface area contributed by atoms with Crippen molar-refractivity contribution in [2.75, 3.05) is 25.9 Å². The van der Waals surface area contributed by atoms with Crippen LogP contribution < -0.4 is 0 Å². The van der Waals surface area contributed by atoms with Gasteiger partial charge in [0.2, 0.25) is 10.0 Å². The molecule has 0 spiro atoms. The number of rotatable bonds is 2. The van der Waals surface area contributed by atoms with E-state index in [1.54, 1.807) is 4.31 Å². The first-order valence-electron chi connectivity index (χ1n) is 6.10. The Labute approximate surface area is 98.7 Å². The molecule has 0 bridgehead atoms. The van der Waals surface area contributed by atoms with Crippen LogP contribution in [0.5, 0.6) is 0 Å². The smallest absolute Gasteiger partial charge is 0.211 e. The number of fused-ring (bicyclic) bond motifs is 1. The summed E-state index contributed by atoms with van der Waals surface area (Å²) < 4.78 is 24.6. The topological polar surface area (TPSA) is 40.6 Å². The highest BCUT2D eigenvalue weighted by Crippen LogP contribution is 2.31. The molecule has 2 aliphatic rings. The molecule has 0 saturated carbocycles. The molecule has 2 rings (SSSR count). The Bertz CT molecular complexity index is 353. The molecule has 5 heteroatoms. The van der Waals surface area contributed by atoms with E-state index in [9.17, 15) is 8.42 Å². The summed E-state index contributed by atoms with van der Waals surface area (Å²) in [5.74, 6) is 0.676. The molecule has 4 nitrogen and oxygen atoms in total. The number of nitrogens with zero attached hydrogens (tertiary/aromatic N) is 2. The van der Waals surface area contributed by atoms with E-state index in [0.29, 0.717) is 31.1 Å². The van der Waals surface area contributed by atoms with E-state index < -0.39 is 10.0 Å². The summed E-state index contributed by atoms with van der Waals surface area (Å²) in [6.07, 6.45) is 3.69. The van der Waals surface area contributed by atoms with Gasteiger partial charge in [-0.15, -0.1) is 0 Å². The van der Waals surface area contributed by atoms with E-state index in [1.807, 2.05) is 0 Å². The van der Waals surface area contributed by atoms with E-state index in [-0.39, 0.29) is 0 Å². The molecule has 2 fully saturated rings. The lowest BCUT2D eigenvalue weighted by molar-refractivity contribution is 0.101. The van der Waals surface area contributed by atoms with E-state index in [0.717, 1.165) is 13.0 Å². The van der Waals surface area contributed by atoms with Crippen molar-refractivity contribution in [3.05, 3.63) is 0 Å². The third kappa shape index (κ3) is 2.26. The van der Waals surface area contributed by atoms with Crippen molar-refractivity contribution in [1.29, 1.82) is 0 Å². The molecule has 94 valence electrons. The zero-order chi connectivity index (χ0) is 11.9. The van der Waals surface area contributed by atoms with Gasteiger partial charge in [0, 0.05) is 31.7 Å². The maximum absolute atomic E-state index is 11.5. The van der Waals surface area contributed by atoms with Gasteiger partial charge in [-0.2, -0.15) is 4.31 Å². The highest BCUT2D eigenvalue weighted by molar-refractivity contribution is 7.88. The zero-order valence-electron chi connectivity index (χ0n) is 10.4. The average Bonchev–Trinajstić information content (AvgIpc) is 2.58. The normalized spacial score (nSPS) is 33.2. The van der Waals surface area contributed by atoms with Crippen LogP contribution in [0.25, 0.3) is 0 Å². The Morgan fingerprint density at radius 3 is 2.44 bits per heavy atom. The lowest BCUT2D eigenvalue weighted by Crippen LogP contribution is -2.54. The van der Waals surface area contributed by atoms with Crippen LogP contribution in [0.2, 0.25) is 0 Å². The highest BCUT2D eigenvalue weighted by Gasteiger charge is 2.40. The summed E-state index contributed by atoms with van der Waals surface area (Å²) in [6, 6.07) is 1.11. The molecule has 2 atom stereocenters. The van der Waals surface area contributed by atoms with Gasteiger partial charge < -0.3 is 0 Å². The maximum atomic E-state index is 11.5. The van der Waals surface area contributed by atoms with Crippen LogP contribution >= 0.6 is 0 Å². The molecular formula is C11H22N2O2S. The van der Waals surface area contributed by atoms with E-state index in [2.05, 4.69) is 18.7 Å². The first-order valence-corrected chi connectivity index (χ1v) is 7.95. The van der Waals surface area contributed by atoms with Gasteiger partial charge in [0.15, 0.2) is 0 Å².